The maximum atomic E-state index is 12.3. The number of aromatic nitrogens is 4. The van der Waals surface area contributed by atoms with Gasteiger partial charge >= 0.3 is 0 Å². The zero-order valence-electron chi connectivity index (χ0n) is 17.7. The molecule has 0 bridgehead atoms. The van der Waals surface area contributed by atoms with E-state index in [9.17, 15) is 4.79 Å². The largest absolute Gasteiger partial charge is 0.356 e. The highest BCUT2D eigenvalue weighted by Crippen LogP contribution is 2.22. The molecule has 156 valence electrons. The van der Waals surface area contributed by atoms with Crippen LogP contribution in [-0.2, 0) is 17.6 Å². The number of fused-ring (bicyclic) bond motifs is 3. The van der Waals surface area contributed by atoms with Gasteiger partial charge in [0.2, 0.25) is 5.91 Å². The van der Waals surface area contributed by atoms with Gasteiger partial charge in [-0.05, 0) is 64.2 Å². The highest BCUT2D eigenvalue weighted by Gasteiger charge is 2.14. The summed E-state index contributed by atoms with van der Waals surface area (Å²) in [5.41, 5.74) is 6.03. The maximum absolute atomic E-state index is 12.3. The van der Waals surface area contributed by atoms with Gasteiger partial charge in [-0.15, -0.1) is 11.3 Å². The van der Waals surface area contributed by atoms with Crippen LogP contribution in [0.15, 0.2) is 29.6 Å². The molecular formula is C23H27N5OS. The summed E-state index contributed by atoms with van der Waals surface area (Å²) in [6, 6.07) is 8.04. The summed E-state index contributed by atoms with van der Waals surface area (Å²) in [5, 5.41) is 12.1. The van der Waals surface area contributed by atoms with Crippen LogP contribution in [0.2, 0.25) is 0 Å². The minimum absolute atomic E-state index is 0.0876. The number of benzene rings is 1. The molecule has 0 saturated heterocycles. The average Bonchev–Trinajstić information content (AvgIpc) is 3.31. The SMILES string of the molecule is Cc1csc(CCCCNC(=O)CCc2c(C)nc3c4ccccc4nn3c2C)n1. The zero-order valence-corrected chi connectivity index (χ0v) is 18.6. The van der Waals surface area contributed by atoms with Crippen LogP contribution in [-0.4, -0.2) is 32.0 Å². The Balaban J connectivity index is 1.31. The van der Waals surface area contributed by atoms with E-state index in [1.807, 2.05) is 42.6 Å². The molecule has 3 aromatic heterocycles. The third kappa shape index (κ3) is 4.36. The van der Waals surface area contributed by atoms with Crippen molar-refractivity contribution in [1.29, 1.82) is 0 Å². The highest BCUT2D eigenvalue weighted by atomic mass is 32.1. The van der Waals surface area contributed by atoms with Crippen LogP contribution in [0.3, 0.4) is 0 Å². The molecule has 30 heavy (non-hydrogen) atoms. The first-order valence-electron chi connectivity index (χ1n) is 10.4. The van der Waals surface area contributed by atoms with Gasteiger partial charge < -0.3 is 5.32 Å². The second kappa shape index (κ2) is 8.92. The van der Waals surface area contributed by atoms with Crippen molar-refractivity contribution in [1.82, 2.24) is 24.9 Å². The number of carbonyl (C=O) groups excluding carboxylic acids is 1. The summed E-state index contributed by atoms with van der Waals surface area (Å²) in [6.45, 7) is 6.80. The van der Waals surface area contributed by atoms with E-state index < -0.39 is 0 Å². The second-order valence-corrected chi connectivity index (χ2v) is 8.65. The lowest BCUT2D eigenvalue weighted by Gasteiger charge is -2.11. The Bertz CT molecular complexity index is 1190. The molecule has 0 unspecified atom stereocenters. The fourth-order valence-electron chi connectivity index (χ4n) is 3.81. The number of carbonyl (C=O) groups is 1. The van der Waals surface area contributed by atoms with E-state index in [1.54, 1.807) is 11.3 Å². The molecule has 1 N–H and O–H groups in total. The van der Waals surface area contributed by atoms with Gasteiger partial charge in [0, 0.05) is 40.8 Å². The highest BCUT2D eigenvalue weighted by molar-refractivity contribution is 7.09. The Morgan fingerprint density at radius 2 is 1.93 bits per heavy atom. The van der Waals surface area contributed by atoms with Crippen LogP contribution >= 0.6 is 11.3 Å². The molecule has 0 aliphatic heterocycles. The minimum Gasteiger partial charge on any atom is -0.356 e. The predicted molar refractivity (Wildman–Crippen MR) is 121 cm³/mol. The number of rotatable bonds is 8. The van der Waals surface area contributed by atoms with Crippen LogP contribution in [0, 0.1) is 20.8 Å². The van der Waals surface area contributed by atoms with Gasteiger partial charge in [0.05, 0.1) is 10.5 Å². The first-order valence-corrected chi connectivity index (χ1v) is 11.3. The molecule has 4 rings (SSSR count). The van der Waals surface area contributed by atoms with Crippen molar-refractivity contribution in [3.05, 3.63) is 57.3 Å². The summed E-state index contributed by atoms with van der Waals surface area (Å²) in [6.07, 6.45) is 4.12. The van der Waals surface area contributed by atoms with Crippen LogP contribution in [0.4, 0.5) is 0 Å². The Morgan fingerprint density at radius 1 is 1.10 bits per heavy atom. The van der Waals surface area contributed by atoms with E-state index in [-0.39, 0.29) is 5.91 Å². The number of hydrogen-bond acceptors (Lipinski definition) is 5. The molecule has 4 aromatic rings. The predicted octanol–water partition coefficient (Wildman–Crippen LogP) is 4.34. The zero-order chi connectivity index (χ0) is 21.1. The minimum atomic E-state index is 0.0876. The average molecular weight is 422 g/mol. The van der Waals surface area contributed by atoms with E-state index in [1.165, 1.54) is 5.01 Å². The number of unbranched alkanes of at least 4 members (excludes halogenated alkanes) is 1. The first-order chi connectivity index (χ1) is 14.5. The summed E-state index contributed by atoms with van der Waals surface area (Å²) >= 11 is 1.71. The van der Waals surface area contributed by atoms with E-state index in [4.69, 9.17) is 4.98 Å². The standard InChI is InChI=1S/C23H27N5OS/c1-15-14-30-22(25-15)10-6-7-13-24-21(29)12-11-18-16(2)26-23-19-8-4-5-9-20(19)27-28(23)17(18)3/h4-5,8-9,14H,6-7,10-13H2,1-3H3,(H,24,29). The van der Waals surface area contributed by atoms with E-state index in [0.29, 0.717) is 19.4 Å². The van der Waals surface area contributed by atoms with Crippen molar-refractivity contribution in [3.8, 4) is 0 Å². The molecule has 1 aromatic carbocycles. The van der Waals surface area contributed by atoms with Crippen molar-refractivity contribution in [3.63, 3.8) is 0 Å². The van der Waals surface area contributed by atoms with Crippen molar-refractivity contribution in [2.45, 2.75) is 52.9 Å². The summed E-state index contributed by atoms with van der Waals surface area (Å²) in [7, 11) is 0. The topological polar surface area (TPSA) is 72.2 Å². The summed E-state index contributed by atoms with van der Waals surface area (Å²) < 4.78 is 1.91. The Kier molecular flexibility index (Phi) is 6.08. The number of aryl methyl sites for hydroxylation is 4. The van der Waals surface area contributed by atoms with Crippen LogP contribution in [0.1, 0.15) is 46.9 Å². The smallest absolute Gasteiger partial charge is 0.220 e. The summed E-state index contributed by atoms with van der Waals surface area (Å²) in [4.78, 5) is 21.6. The molecular weight excluding hydrogens is 394 g/mol. The van der Waals surface area contributed by atoms with Crippen molar-refractivity contribution in [2.24, 2.45) is 0 Å². The maximum Gasteiger partial charge on any atom is 0.220 e. The molecule has 0 radical (unpaired) electrons. The van der Waals surface area contributed by atoms with Crippen molar-refractivity contribution >= 4 is 33.8 Å². The number of hydrogen-bond donors (Lipinski definition) is 1. The van der Waals surface area contributed by atoms with Gasteiger partial charge in [-0.25, -0.2) is 14.5 Å². The molecule has 0 saturated carbocycles. The number of amides is 1. The summed E-state index contributed by atoms with van der Waals surface area (Å²) in [5.74, 6) is 0.0876. The lowest BCUT2D eigenvalue weighted by molar-refractivity contribution is -0.121. The first kappa shape index (κ1) is 20.5. The molecule has 3 heterocycles. The fourth-order valence-corrected chi connectivity index (χ4v) is 4.63. The molecule has 0 fully saturated rings. The monoisotopic (exact) mass is 421 g/mol. The van der Waals surface area contributed by atoms with Gasteiger partial charge in [-0.1, -0.05) is 12.1 Å². The molecule has 0 aliphatic rings. The molecule has 0 spiro atoms. The van der Waals surface area contributed by atoms with E-state index in [0.717, 1.165) is 58.5 Å². The van der Waals surface area contributed by atoms with Gasteiger partial charge in [0.15, 0.2) is 5.65 Å². The quantitative estimate of drug-likeness (QED) is 0.430. The molecule has 0 atom stereocenters. The van der Waals surface area contributed by atoms with Gasteiger partial charge in [-0.2, -0.15) is 5.10 Å². The molecule has 6 nitrogen and oxygen atoms in total. The van der Waals surface area contributed by atoms with E-state index in [2.05, 4.69) is 27.7 Å². The number of thiazole rings is 1. The number of nitrogens with one attached hydrogen (secondary N) is 1. The van der Waals surface area contributed by atoms with Crippen LogP contribution in [0.25, 0.3) is 16.6 Å². The van der Waals surface area contributed by atoms with Crippen molar-refractivity contribution < 1.29 is 4.79 Å². The lowest BCUT2D eigenvalue weighted by atomic mass is 10.1. The van der Waals surface area contributed by atoms with Crippen LogP contribution < -0.4 is 5.32 Å². The fraction of sp³-hybridized carbons (Fsp3) is 0.391. The lowest BCUT2D eigenvalue weighted by Crippen LogP contribution is -2.25. The molecule has 1 amide bonds. The Morgan fingerprint density at radius 3 is 2.73 bits per heavy atom. The van der Waals surface area contributed by atoms with E-state index >= 15 is 0 Å². The number of nitrogens with zero attached hydrogens (tertiary/aromatic N) is 4. The Hall–Kier alpha value is -2.80. The third-order valence-corrected chi connectivity index (χ3v) is 6.45. The molecule has 0 aliphatic carbocycles. The Labute approximate surface area is 180 Å². The second-order valence-electron chi connectivity index (χ2n) is 7.70. The van der Waals surface area contributed by atoms with Gasteiger partial charge in [0.25, 0.3) is 0 Å². The third-order valence-electron chi connectivity index (χ3n) is 5.43. The normalized spacial score (nSPS) is 11.4. The van der Waals surface area contributed by atoms with Crippen LogP contribution in [0.5, 0.6) is 0 Å². The van der Waals surface area contributed by atoms with Gasteiger partial charge in [0.1, 0.15) is 0 Å². The van der Waals surface area contributed by atoms with Crippen molar-refractivity contribution in [2.75, 3.05) is 6.54 Å². The molecule has 7 heteroatoms. The van der Waals surface area contributed by atoms with Gasteiger partial charge in [-0.3, -0.25) is 4.79 Å².